The number of para-hydroxylation sites is 1. The molecule has 37 heavy (non-hydrogen) atoms. The third kappa shape index (κ3) is 7.39. The largest absolute Gasteiger partial charge is 0.483 e. The summed E-state index contributed by atoms with van der Waals surface area (Å²) in [4.78, 5) is 26.4. The Morgan fingerprint density at radius 2 is 1.81 bits per heavy atom. The number of hydrogen-bond donors (Lipinski definition) is 1. The standard InChI is InChI=1S/C28H33N3O6/c1-2-35-28(34)27-30-29-26(37-27)22(18-20-8-4-3-5-9-20)13-12-21-10-6-7-11-24(21)36-19-25(33)31-16-14-23(32)15-17-31/h3-11,22-23,32H,2,12-19H2,1H3. The molecule has 1 unspecified atom stereocenters. The predicted octanol–water partition coefficient (Wildman–Crippen LogP) is 3.57. The lowest BCUT2D eigenvalue weighted by Gasteiger charge is -2.29. The number of esters is 1. The maximum atomic E-state index is 12.6. The van der Waals surface area contributed by atoms with E-state index in [1.54, 1.807) is 11.8 Å². The van der Waals surface area contributed by atoms with Crippen molar-refractivity contribution in [1.82, 2.24) is 15.1 Å². The summed E-state index contributed by atoms with van der Waals surface area (Å²) >= 11 is 0. The van der Waals surface area contributed by atoms with E-state index < -0.39 is 5.97 Å². The van der Waals surface area contributed by atoms with Crippen LogP contribution in [-0.2, 0) is 22.4 Å². The van der Waals surface area contributed by atoms with E-state index in [-0.39, 0.29) is 37.0 Å². The van der Waals surface area contributed by atoms with Gasteiger partial charge in [0.25, 0.3) is 5.91 Å². The monoisotopic (exact) mass is 507 g/mol. The van der Waals surface area contributed by atoms with Gasteiger partial charge in [0, 0.05) is 19.0 Å². The summed E-state index contributed by atoms with van der Waals surface area (Å²) in [5.74, 6) is 0.0409. The number of aromatic nitrogens is 2. The Hall–Kier alpha value is -3.72. The molecule has 1 aliphatic rings. The van der Waals surface area contributed by atoms with Gasteiger partial charge in [0.2, 0.25) is 5.89 Å². The molecule has 1 saturated heterocycles. The first-order chi connectivity index (χ1) is 18.0. The van der Waals surface area contributed by atoms with Gasteiger partial charge in [-0.25, -0.2) is 4.79 Å². The molecule has 1 aliphatic heterocycles. The zero-order valence-electron chi connectivity index (χ0n) is 21.0. The van der Waals surface area contributed by atoms with Gasteiger partial charge >= 0.3 is 11.9 Å². The Kier molecular flexibility index (Phi) is 9.26. The van der Waals surface area contributed by atoms with Gasteiger partial charge in [-0.2, -0.15) is 0 Å². The number of likely N-dealkylation sites (tertiary alicyclic amines) is 1. The molecule has 0 bridgehead atoms. The number of amides is 1. The van der Waals surface area contributed by atoms with Crippen molar-refractivity contribution < 1.29 is 28.6 Å². The van der Waals surface area contributed by atoms with Crippen molar-refractivity contribution in [1.29, 1.82) is 0 Å². The highest BCUT2D eigenvalue weighted by atomic mass is 16.5. The third-order valence-electron chi connectivity index (χ3n) is 6.47. The minimum Gasteiger partial charge on any atom is -0.483 e. The lowest BCUT2D eigenvalue weighted by molar-refractivity contribution is -0.135. The van der Waals surface area contributed by atoms with E-state index >= 15 is 0 Å². The number of nitrogens with zero attached hydrogens (tertiary/aromatic N) is 3. The Bertz CT molecular complexity index is 1160. The van der Waals surface area contributed by atoms with Crippen LogP contribution in [0, 0.1) is 0 Å². The Morgan fingerprint density at radius 3 is 2.57 bits per heavy atom. The third-order valence-corrected chi connectivity index (χ3v) is 6.47. The molecule has 1 N–H and O–H groups in total. The number of piperidine rings is 1. The fourth-order valence-corrected chi connectivity index (χ4v) is 4.41. The molecule has 1 atom stereocenters. The molecule has 196 valence electrons. The van der Waals surface area contributed by atoms with Gasteiger partial charge in [0.05, 0.1) is 12.7 Å². The van der Waals surface area contributed by atoms with Gasteiger partial charge in [-0.05, 0) is 56.2 Å². The van der Waals surface area contributed by atoms with E-state index in [0.717, 1.165) is 11.1 Å². The summed E-state index contributed by atoms with van der Waals surface area (Å²) in [5, 5.41) is 17.7. The van der Waals surface area contributed by atoms with Crippen molar-refractivity contribution in [3.8, 4) is 5.75 Å². The molecule has 1 amide bonds. The van der Waals surface area contributed by atoms with Gasteiger partial charge in [-0.3, -0.25) is 4.79 Å². The first-order valence-corrected chi connectivity index (χ1v) is 12.7. The molecule has 3 aromatic rings. The number of carbonyl (C=O) groups excluding carboxylic acids is 2. The Balaban J connectivity index is 1.43. The fraction of sp³-hybridized carbons (Fsp3) is 0.429. The quantitative estimate of drug-likeness (QED) is 0.392. The van der Waals surface area contributed by atoms with Crippen molar-refractivity contribution in [2.75, 3.05) is 26.3 Å². The normalized spacial score (nSPS) is 14.8. The summed E-state index contributed by atoms with van der Waals surface area (Å²) in [6.07, 6.45) is 2.83. The average molecular weight is 508 g/mol. The molecule has 2 heterocycles. The van der Waals surface area contributed by atoms with Crippen LogP contribution < -0.4 is 4.74 Å². The van der Waals surface area contributed by atoms with Crippen LogP contribution in [0.5, 0.6) is 5.75 Å². The van der Waals surface area contributed by atoms with Gasteiger partial charge in [0.15, 0.2) is 6.61 Å². The van der Waals surface area contributed by atoms with Crippen LogP contribution >= 0.6 is 0 Å². The van der Waals surface area contributed by atoms with Crippen LogP contribution in [-0.4, -0.2) is 64.5 Å². The average Bonchev–Trinajstić information content (AvgIpc) is 3.42. The number of aryl methyl sites for hydroxylation is 1. The fourth-order valence-electron chi connectivity index (χ4n) is 4.41. The van der Waals surface area contributed by atoms with E-state index in [1.807, 2.05) is 54.6 Å². The van der Waals surface area contributed by atoms with Crippen LogP contribution in [0.3, 0.4) is 0 Å². The van der Waals surface area contributed by atoms with Crippen LogP contribution in [0.1, 0.15) is 59.8 Å². The molecule has 0 radical (unpaired) electrons. The lowest BCUT2D eigenvalue weighted by atomic mass is 9.92. The molecule has 0 aliphatic carbocycles. The first kappa shape index (κ1) is 26.3. The van der Waals surface area contributed by atoms with Crippen LogP contribution in [0.2, 0.25) is 0 Å². The number of rotatable bonds is 11. The number of hydrogen-bond acceptors (Lipinski definition) is 8. The zero-order valence-corrected chi connectivity index (χ0v) is 21.0. The number of aliphatic hydroxyl groups is 1. The summed E-state index contributed by atoms with van der Waals surface area (Å²) in [7, 11) is 0. The number of benzene rings is 2. The smallest absolute Gasteiger partial charge is 0.396 e. The molecule has 0 saturated carbocycles. The topological polar surface area (TPSA) is 115 Å². The summed E-state index contributed by atoms with van der Waals surface area (Å²) in [5.41, 5.74) is 2.08. The lowest BCUT2D eigenvalue weighted by Crippen LogP contribution is -2.42. The predicted molar refractivity (Wildman–Crippen MR) is 135 cm³/mol. The van der Waals surface area contributed by atoms with Crippen molar-refractivity contribution in [3.05, 3.63) is 77.5 Å². The molecular weight excluding hydrogens is 474 g/mol. The van der Waals surface area contributed by atoms with Gasteiger partial charge < -0.3 is 23.9 Å². The van der Waals surface area contributed by atoms with Crippen molar-refractivity contribution in [2.45, 2.75) is 51.0 Å². The minimum atomic E-state index is -0.633. The van der Waals surface area contributed by atoms with E-state index in [4.69, 9.17) is 13.9 Å². The number of carbonyl (C=O) groups is 2. The van der Waals surface area contributed by atoms with E-state index in [1.165, 1.54) is 0 Å². The highest BCUT2D eigenvalue weighted by molar-refractivity contribution is 5.83. The second-order valence-corrected chi connectivity index (χ2v) is 9.10. The maximum Gasteiger partial charge on any atom is 0.396 e. The van der Waals surface area contributed by atoms with Crippen LogP contribution in [0.15, 0.2) is 59.0 Å². The SMILES string of the molecule is CCOC(=O)c1nnc(C(CCc2ccccc2OCC(=O)N2CCC(O)CC2)Cc2ccccc2)o1. The molecule has 4 rings (SSSR count). The molecule has 1 aromatic heterocycles. The molecule has 0 spiro atoms. The van der Waals surface area contributed by atoms with Crippen LogP contribution in [0.4, 0.5) is 0 Å². The van der Waals surface area contributed by atoms with Crippen molar-refractivity contribution in [3.63, 3.8) is 0 Å². The van der Waals surface area contributed by atoms with E-state index in [9.17, 15) is 14.7 Å². The first-order valence-electron chi connectivity index (χ1n) is 12.7. The minimum absolute atomic E-state index is 0.0485. The van der Waals surface area contributed by atoms with Crippen molar-refractivity contribution in [2.24, 2.45) is 0 Å². The highest BCUT2D eigenvalue weighted by Gasteiger charge is 2.24. The summed E-state index contributed by atoms with van der Waals surface area (Å²) in [6, 6.07) is 17.7. The second-order valence-electron chi connectivity index (χ2n) is 9.10. The second kappa shape index (κ2) is 13.0. The van der Waals surface area contributed by atoms with E-state index in [0.29, 0.717) is 56.8 Å². The van der Waals surface area contributed by atoms with Gasteiger partial charge in [0.1, 0.15) is 5.75 Å². The summed E-state index contributed by atoms with van der Waals surface area (Å²) in [6.45, 7) is 2.99. The van der Waals surface area contributed by atoms with Gasteiger partial charge in [-0.15, -0.1) is 10.2 Å². The Labute approximate surface area is 216 Å². The highest BCUT2D eigenvalue weighted by Crippen LogP contribution is 2.28. The number of ether oxygens (including phenoxy) is 2. The molecule has 9 nitrogen and oxygen atoms in total. The van der Waals surface area contributed by atoms with E-state index in [2.05, 4.69) is 10.2 Å². The van der Waals surface area contributed by atoms with Crippen molar-refractivity contribution >= 4 is 11.9 Å². The Morgan fingerprint density at radius 1 is 1.08 bits per heavy atom. The molecule has 9 heteroatoms. The number of aliphatic hydroxyl groups excluding tert-OH is 1. The molecular formula is C28H33N3O6. The zero-order chi connectivity index (χ0) is 26.0. The molecule has 1 fully saturated rings. The maximum absolute atomic E-state index is 12.6. The molecule has 2 aromatic carbocycles. The van der Waals surface area contributed by atoms with Gasteiger partial charge in [-0.1, -0.05) is 48.5 Å². The van der Waals surface area contributed by atoms with Crippen LogP contribution in [0.25, 0.3) is 0 Å². The summed E-state index contributed by atoms with van der Waals surface area (Å²) < 4.78 is 16.6.